The molecule has 0 spiro atoms. The summed E-state index contributed by atoms with van der Waals surface area (Å²) in [5.74, 6) is 2.72. The molecule has 1 aromatic rings. The van der Waals surface area contributed by atoms with Crippen LogP contribution in [0.15, 0.2) is 22.7 Å². The number of ether oxygens (including phenoxy) is 1. The Bertz CT molecular complexity index is 444. The van der Waals surface area contributed by atoms with Gasteiger partial charge in [0.2, 0.25) is 0 Å². The molecule has 2 saturated carbocycles. The van der Waals surface area contributed by atoms with Crippen molar-refractivity contribution in [1.29, 1.82) is 0 Å². The normalized spacial score (nSPS) is 26.0. The van der Waals surface area contributed by atoms with Gasteiger partial charge in [-0.3, -0.25) is 0 Å². The lowest BCUT2D eigenvalue weighted by molar-refractivity contribution is 0.169. The molecule has 3 rings (SSSR count). The van der Waals surface area contributed by atoms with Crippen LogP contribution in [0, 0.1) is 11.8 Å². The van der Waals surface area contributed by atoms with Crippen LogP contribution in [0.3, 0.4) is 0 Å². The van der Waals surface area contributed by atoms with E-state index >= 15 is 0 Å². The van der Waals surface area contributed by atoms with E-state index in [0.29, 0.717) is 0 Å². The van der Waals surface area contributed by atoms with Crippen LogP contribution in [0.1, 0.15) is 31.2 Å². The van der Waals surface area contributed by atoms with Gasteiger partial charge in [0, 0.05) is 10.5 Å². The van der Waals surface area contributed by atoms with Gasteiger partial charge in [0.1, 0.15) is 5.75 Å². The number of halogens is 1. The molecule has 0 amide bonds. The van der Waals surface area contributed by atoms with Crippen LogP contribution in [-0.4, -0.2) is 19.7 Å². The molecular weight excluding hydrogens is 302 g/mol. The van der Waals surface area contributed by atoms with E-state index in [1.54, 1.807) is 7.11 Å². The summed E-state index contributed by atoms with van der Waals surface area (Å²) in [5.41, 5.74) is 1.35. The van der Waals surface area contributed by atoms with Crippen molar-refractivity contribution in [2.45, 2.75) is 38.1 Å². The van der Waals surface area contributed by atoms with Gasteiger partial charge in [-0.05, 0) is 74.2 Å². The van der Waals surface area contributed by atoms with Gasteiger partial charge in [-0.25, -0.2) is 0 Å². The lowest BCUT2D eigenvalue weighted by atomic mass is 9.70. The summed E-state index contributed by atoms with van der Waals surface area (Å²) < 4.78 is 6.63. The summed E-state index contributed by atoms with van der Waals surface area (Å²) in [6.45, 7) is 1.21. The Balaban J connectivity index is 1.59. The van der Waals surface area contributed by atoms with Crippen molar-refractivity contribution in [3.63, 3.8) is 0 Å². The summed E-state index contributed by atoms with van der Waals surface area (Å²) >= 11 is 3.56. The van der Waals surface area contributed by atoms with Crippen LogP contribution < -0.4 is 10.1 Å². The fourth-order valence-corrected chi connectivity index (χ4v) is 3.38. The van der Waals surface area contributed by atoms with Crippen LogP contribution in [0.5, 0.6) is 5.75 Å². The predicted octanol–water partition coefficient (Wildman–Crippen LogP) is 3.78. The van der Waals surface area contributed by atoms with Crippen LogP contribution >= 0.6 is 15.9 Å². The smallest absolute Gasteiger partial charge is 0.122 e. The first-order valence-electron chi connectivity index (χ1n) is 7.32. The average molecular weight is 324 g/mol. The number of hydrogen-bond acceptors (Lipinski definition) is 2. The minimum Gasteiger partial charge on any atom is -0.496 e. The molecule has 1 aromatic carbocycles. The molecule has 19 heavy (non-hydrogen) atoms. The molecule has 2 aliphatic carbocycles. The summed E-state index contributed by atoms with van der Waals surface area (Å²) in [5, 5.41) is 3.67. The molecule has 2 unspecified atom stereocenters. The molecule has 1 N–H and O–H groups in total. The van der Waals surface area contributed by atoms with Crippen LogP contribution in [0.2, 0.25) is 0 Å². The third kappa shape index (κ3) is 3.32. The van der Waals surface area contributed by atoms with Crippen molar-refractivity contribution in [2.24, 2.45) is 11.8 Å². The van der Waals surface area contributed by atoms with E-state index in [-0.39, 0.29) is 0 Å². The van der Waals surface area contributed by atoms with E-state index in [2.05, 4.69) is 39.4 Å². The highest BCUT2D eigenvalue weighted by Gasteiger charge is 2.32. The fourth-order valence-electron chi connectivity index (χ4n) is 2.97. The van der Waals surface area contributed by atoms with E-state index in [9.17, 15) is 0 Å². The van der Waals surface area contributed by atoms with Gasteiger partial charge in [-0.1, -0.05) is 15.9 Å². The Morgan fingerprint density at radius 1 is 1.21 bits per heavy atom. The molecule has 0 aromatic heterocycles. The molecule has 0 aliphatic heterocycles. The maximum absolute atomic E-state index is 5.48. The zero-order valence-corrected chi connectivity index (χ0v) is 13.1. The lowest BCUT2D eigenvalue weighted by Gasteiger charge is -2.37. The standard InChI is InChI=1S/C16H22BrNO/c1-19-16-7-4-14(17)9-13(16)8-11-2-3-12(11)10-18-15-5-6-15/h4,7,9,11-12,15,18H,2-3,5-6,8,10H2,1H3. The minimum atomic E-state index is 0.828. The molecule has 0 bridgehead atoms. The predicted molar refractivity (Wildman–Crippen MR) is 81.6 cm³/mol. The van der Waals surface area contributed by atoms with Gasteiger partial charge in [0.05, 0.1) is 7.11 Å². The lowest BCUT2D eigenvalue weighted by Crippen LogP contribution is -2.37. The summed E-state index contributed by atoms with van der Waals surface area (Å²) in [4.78, 5) is 0. The first-order valence-corrected chi connectivity index (χ1v) is 8.11. The molecule has 0 heterocycles. The average Bonchev–Trinajstić information content (AvgIpc) is 3.19. The SMILES string of the molecule is COc1ccc(Br)cc1CC1CCC1CNC1CC1. The van der Waals surface area contributed by atoms with E-state index in [0.717, 1.165) is 34.5 Å². The zero-order chi connectivity index (χ0) is 13.2. The highest BCUT2D eigenvalue weighted by molar-refractivity contribution is 9.10. The molecule has 2 nitrogen and oxygen atoms in total. The van der Waals surface area contributed by atoms with Crippen molar-refractivity contribution in [1.82, 2.24) is 5.32 Å². The molecule has 2 aliphatic rings. The summed E-state index contributed by atoms with van der Waals surface area (Å²) in [7, 11) is 1.76. The van der Waals surface area contributed by atoms with E-state index in [1.165, 1.54) is 37.8 Å². The largest absolute Gasteiger partial charge is 0.496 e. The van der Waals surface area contributed by atoms with Gasteiger partial charge in [0.15, 0.2) is 0 Å². The van der Waals surface area contributed by atoms with Crippen molar-refractivity contribution in [3.8, 4) is 5.75 Å². The van der Waals surface area contributed by atoms with Crippen molar-refractivity contribution in [2.75, 3.05) is 13.7 Å². The first-order chi connectivity index (χ1) is 9.26. The fraction of sp³-hybridized carbons (Fsp3) is 0.625. The Labute approximate surface area is 124 Å². The topological polar surface area (TPSA) is 21.3 Å². The minimum absolute atomic E-state index is 0.828. The molecule has 104 valence electrons. The third-order valence-electron chi connectivity index (χ3n) is 4.55. The van der Waals surface area contributed by atoms with Crippen molar-refractivity contribution >= 4 is 15.9 Å². The molecule has 0 radical (unpaired) electrons. The molecular formula is C16H22BrNO. The second kappa shape index (κ2) is 5.84. The number of benzene rings is 1. The number of methoxy groups -OCH3 is 1. The zero-order valence-electron chi connectivity index (χ0n) is 11.5. The third-order valence-corrected chi connectivity index (χ3v) is 5.04. The van der Waals surface area contributed by atoms with Crippen LogP contribution in [0.25, 0.3) is 0 Å². The highest BCUT2D eigenvalue weighted by atomic mass is 79.9. The van der Waals surface area contributed by atoms with Gasteiger partial charge < -0.3 is 10.1 Å². The highest BCUT2D eigenvalue weighted by Crippen LogP contribution is 2.39. The van der Waals surface area contributed by atoms with Gasteiger partial charge in [-0.15, -0.1) is 0 Å². The summed E-state index contributed by atoms with van der Waals surface area (Å²) in [6, 6.07) is 7.16. The van der Waals surface area contributed by atoms with Crippen molar-refractivity contribution in [3.05, 3.63) is 28.2 Å². The maximum atomic E-state index is 5.48. The van der Waals surface area contributed by atoms with Crippen LogP contribution in [-0.2, 0) is 6.42 Å². The van der Waals surface area contributed by atoms with Gasteiger partial charge in [-0.2, -0.15) is 0 Å². The van der Waals surface area contributed by atoms with Gasteiger partial charge in [0.25, 0.3) is 0 Å². The molecule has 0 saturated heterocycles. The Morgan fingerprint density at radius 2 is 2.00 bits per heavy atom. The monoisotopic (exact) mass is 323 g/mol. The van der Waals surface area contributed by atoms with Crippen LogP contribution in [0.4, 0.5) is 0 Å². The first kappa shape index (κ1) is 13.4. The second-order valence-corrected chi connectivity index (χ2v) is 6.86. The summed E-state index contributed by atoms with van der Waals surface area (Å²) in [6.07, 6.45) is 6.68. The van der Waals surface area contributed by atoms with Gasteiger partial charge >= 0.3 is 0 Å². The number of rotatable bonds is 6. The Morgan fingerprint density at radius 3 is 2.63 bits per heavy atom. The Kier molecular flexibility index (Phi) is 4.13. The van der Waals surface area contributed by atoms with E-state index in [1.807, 2.05) is 0 Å². The molecule has 2 atom stereocenters. The quantitative estimate of drug-likeness (QED) is 0.860. The number of hydrogen-bond donors (Lipinski definition) is 1. The van der Waals surface area contributed by atoms with E-state index < -0.39 is 0 Å². The molecule has 3 heteroatoms. The number of nitrogens with one attached hydrogen (secondary N) is 1. The molecule has 2 fully saturated rings. The second-order valence-electron chi connectivity index (χ2n) is 5.94. The van der Waals surface area contributed by atoms with Crippen molar-refractivity contribution < 1.29 is 4.74 Å². The Hall–Kier alpha value is -0.540. The maximum Gasteiger partial charge on any atom is 0.122 e. The van der Waals surface area contributed by atoms with E-state index in [4.69, 9.17) is 4.74 Å².